The van der Waals surface area contributed by atoms with Crippen LogP contribution < -0.4 is 14.9 Å². The zero-order valence-electron chi connectivity index (χ0n) is 15.7. The third kappa shape index (κ3) is 5.58. The summed E-state index contributed by atoms with van der Waals surface area (Å²) in [4.78, 5) is 24.3. The van der Waals surface area contributed by atoms with Crippen molar-refractivity contribution in [1.29, 1.82) is 0 Å². The first-order valence-electron chi connectivity index (χ1n) is 8.92. The van der Waals surface area contributed by atoms with Gasteiger partial charge >= 0.3 is 5.97 Å². The zero-order valence-corrected chi connectivity index (χ0v) is 17.3. The highest BCUT2D eigenvalue weighted by atomic mass is 79.9. The third-order valence-corrected chi connectivity index (χ3v) is 4.48. The predicted octanol–water partition coefficient (Wildman–Crippen LogP) is 4.31. The molecule has 0 aliphatic rings. The molecule has 0 N–H and O–H groups in total. The summed E-state index contributed by atoms with van der Waals surface area (Å²) in [5.41, 5.74) is 0.000535. The van der Waals surface area contributed by atoms with E-state index in [9.17, 15) is 9.59 Å². The van der Waals surface area contributed by atoms with Crippen molar-refractivity contribution in [2.24, 2.45) is 0 Å². The molecular weight excluding hydrogens is 444 g/mol. The van der Waals surface area contributed by atoms with E-state index >= 15 is 0 Å². The fourth-order valence-electron chi connectivity index (χ4n) is 2.44. The van der Waals surface area contributed by atoms with Gasteiger partial charge in [-0.1, -0.05) is 12.1 Å². The van der Waals surface area contributed by atoms with Crippen molar-refractivity contribution in [1.82, 2.24) is 0 Å². The van der Waals surface area contributed by atoms with E-state index in [0.29, 0.717) is 35.7 Å². The molecule has 0 aliphatic carbocycles. The van der Waals surface area contributed by atoms with Crippen LogP contribution in [0.2, 0.25) is 0 Å². The summed E-state index contributed by atoms with van der Waals surface area (Å²) in [6, 6.07) is 11.9. The van der Waals surface area contributed by atoms with Crippen molar-refractivity contribution in [3.05, 3.63) is 63.4 Å². The maximum Gasteiger partial charge on any atom is 0.344 e. The van der Waals surface area contributed by atoms with Crippen molar-refractivity contribution in [2.75, 3.05) is 26.4 Å². The summed E-state index contributed by atoms with van der Waals surface area (Å²) in [5.74, 6) is 0.434. The first-order chi connectivity index (χ1) is 14.1. The lowest BCUT2D eigenvalue weighted by Crippen LogP contribution is -2.17. The Morgan fingerprint density at radius 3 is 2.72 bits per heavy atom. The third-order valence-electron chi connectivity index (χ3n) is 3.82. The summed E-state index contributed by atoms with van der Waals surface area (Å²) >= 11 is 3.37. The van der Waals surface area contributed by atoms with Gasteiger partial charge < -0.3 is 23.4 Å². The van der Waals surface area contributed by atoms with E-state index in [1.54, 1.807) is 24.3 Å². The van der Waals surface area contributed by atoms with Gasteiger partial charge in [0.15, 0.2) is 6.61 Å². The number of para-hydroxylation sites is 1. The summed E-state index contributed by atoms with van der Waals surface area (Å²) in [6.45, 7) is 2.67. The van der Waals surface area contributed by atoms with Gasteiger partial charge in [-0.2, -0.15) is 0 Å². The lowest BCUT2D eigenvalue weighted by atomic mass is 10.2. The van der Waals surface area contributed by atoms with Gasteiger partial charge in [-0.05, 0) is 47.1 Å². The van der Waals surface area contributed by atoms with E-state index in [4.69, 9.17) is 23.4 Å². The number of carbonyl (C=O) groups is 1. The standard InChI is InChI=1S/C21H19BrO7/c1-2-25-9-10-26-20(23)13-27-14-7-8-15-18(11-14)28-12-19(21(15)24)29-17-6-4-3-5-16(17)22/h3-8,11-12H,2,9-10,13H2,1H3. The van der Waals surface area contributed by atoms with Crippen LogP contribution in [0.15, 0.2) is 62.4 Å². The summed E-state index contributed by atoms with van der Waals surface area (Å²) in [5, 5.41) is 0.334. The Morgan fingerprint density at radius 2 is 1.93 bits per heavy atom. The minimum atomic E-state index is -0.511. The molecule has 0 bridgehead atoms. The molecule has 7 nitrogen and oxygen atoms in total. The van der Waals surface area contributed by atoms with Crippen LogP contribution in [-0.2, 0) is 14.3 Å². The molecule has 0 fully saturated rings. The molecule has 0 amide bonds. The summed E-state index contributed by atoms with van der Waals surface area (Å²) in [6.07, 6.45) is 1.25. The molecular formula is C21H19BrO7. The quantitative estimate of drug-likeness (QED) is 0.346. The van der Waals surface area contributed by atoms with Crippen molar-refractivity contribution in [2.45, 2.75) is 6.92 Å². The largest absolute Gasteiger partial charge is 0.482 e. The average Bonchev–Trinajstić information content (AvgIpc) is 2.73. The van der Waals surface area contributed by atoms with Gasteiger partial charge in [0, 0.05) is 12.7 Å². The molecule has 1 heterocycles. The van der Waals surface area contributed by atoms with Crippen LogP contribution in [-0.4, -0.2) is 32.4 Å². The van der Waals surface area contributed by atoms with Gasteiger partial charge in [0.05, 0.1) is 16.5 Å². The van der Waals surface area contributed by atoms with E-state index in [2.05, 4.69) is 15.9 Å². The molecule has 0 unspecified atom stereocenters. The number of ether oxygens (including phenoxy) is 4. The number of hydrogen-bond acceptors (Lipinski definition) is 7. The SMILES string of the molecule is CCOCCOC(=O)COc1ccc2c(=O)c(Oc3ccccc3Br)coc2c1. The van der Waals surface area contributed by atoms with Crippen molar-refractivity contribution >= 4 is 32.9 Å². The van der Waals surface area contributed by atoms with Gasteiger partial charge in [-0.15, -0.1) is 0 Å². The molecule has 0 radical (unpaired) electrons. The molecule has 0 saturated heterocycles. The lowest BCUT2D eigenvalue weighted by Gasteiger charge is -2.09. The van der Waals surface area contributed by atoms with E-state index < -0.39 is 5.97 Å². The van der Waals surface area contributed by atoms with Crippen molar-refractivity contribution < 1.29 is 28.2 Å². The van der Waals surface area contributed by atoms with Crippen LogP contribution in [0.25, 0.3) is 11.0 Å². The molecule has 0 spiro atoms. The second-order valence-electron chi connectivity index (χ2n) is 5.83. The molecule has 3 rings (SSSR count). The number of hydrogen-bond donors (Lipinski definition) is 0. The minimum absolute atomic E-state index is 0.0657. The second-order valence-corrected chi connectivity index (χ2v) is 6.68. The number of fused-ring (bicyclic) bond motifs is 1. The maximum absolute atomic E-state index is 12.7. The first-order valence-corrected chi connectivity index (χ1v) is 9.72. The van der Waals surface area contributed by atoms with Crippen LogP contribution in [0.3, 0.4) is 0 Å². The number of halogens is 1. The molecule has 8 heteroatoms. The van der Waals surface area contributed by atoms with Crippen LogP contribution in [0.4, 0.5) is 0 Å². The molecule has 0 aliphatic heterocycles. The van der Waals surface area contributed by atoms with Crippen LogP contribution in [0.1, 0.15) is 6.92 Å². The summed E-state index contributed by atoms with van der Waals surface area (Å²) in [7, 11) is 0. The van der Waals surface area contributed by atoms with Gasteiger partial charge in [0.25, 0.3) is 0 Å². The lowest BCUT2D eigenvalue weighted by molar-refractivity contribution is -0.147. The average molecular weight is 463 g/mol. The molecule has 0 atom stereocenters. The Balaban J connectivity index is 1.67. The number of carbonyl (C=O) groups excluding carboxylic acids is 1. The zero-order chi connectivity index (χ0) is 20.6. The highest BCUT2D eigenvalue weighted by Gasteiger charge is 2.12. The number of benzene rings is 2. The van der Waals surface area contributed by atoms with Crippen LogP contribution in [0, 0.1) is 0 Å². The van der Waals surface area contributed by atoms with E-state index in [0.717, 1.165) is 4.47 Å². The Kier molecular flexibility index (Phi) is 7.26. The van der Waals surface area contributed by atoms with Crippen LogP contribution in [0.5, 0.6) is 17.2 Å². The van der Waals surface area contributed by atoms with Crippen LogP contribution >= 0.6 is 15.9 Å². The maximum atomic E-state index is 12.7. The Morgan fingerprint density at radius 1 is 1.10 bits per heavy atom. The van der Waals surface area contributed by atoms with E-state index in [1.807, 2.05) is 19.1 Å². The monoisotopic (exact) mass is 462 g/mol. The Bertz CT molecular complexity index is 1040. The molecule has 29 heavy (non-hydrogen) atoms. The van der Waals surface area contributed by atoms with E-state index in [1.165, 1.54) is 12.3 Å². The topological polar surface area (TPSA) is 84.2 Å². The van der Waals surface area contributed by atoms with Gasteiger partial charge in [0.1, 0.15) is 30.0 Å². The van der Waals surface area contributed by atoms with E-state index in [-0.39, 0.29) is 24.4 Å². The second kappa shape index (κ2) is 10.1. The van der Waals surface area contributed by atoms with Gasteiger partial charge in [-0.3, -0.25) is 4.79 Å². The number of esters is 1. The molecule has 1 aromatic heterocycles. The van der Waals surface area contributed by atoms with Gasteiger partial charge in [0.2, 0.25) is 11.2 Å². The fraction of sp³-hybridized carbons (Fsp3) is 0.238. The van der Waals surface area contributed by atoms with Crippen molar-refractivity contribution in [3.8, 4) is 17.2 Å². The fourth-order valence-corrected chi connectivity index (χ4v) is 2.81. The number of rotatable bonds is 9. The Hall–Kier alpha value is -2.84. The van der Waals surface area contributed by atoms with Crippen molar-refractivity contribution in [3.63, 3.8) is 0 Å². The minimum Gasteiger partial charge on any atom is -0.482 e. The normalized spacial score (nSPS) is 10.7. The first kappa shape index (κ1) is 20.9. The Labute approximate surface area is 175 Å². The highest BCUT2D eigenvalue weighted by molar-refractivity contribution is 9.10. The van der Waals surface area contributed by atoms with Gasteiger partial charge in [-0.25, -0.2) is 4.79 Å². The molecule has 3 aromatic rings. The summed E-state index contributed by atoms with van der Waals surface area (Å²) < 4.78 is 27.4. The predicted molar refractivity (Wildman–Crippen MR) is 110 cm³/mol. The molecule has 2 aromatic carbocycles. The molecule has 152 valence electrons. The smallest absolute Gasteiger partial charge is 0.344 e. The molecule has 0 saturated carbocycles. The highest BCUT2D eigenvalue weighted by Crippen LogP contribution is 2.29.